The topological polar surface area (TPSA) is 47.0 Å². The smallest absolute Gasteiger partial charge is 0.130 e. The van der Waals surface area contributed by atoms with Gasteiger partial charge in [0.2, 0.25) is 0 Å². The van der Waals surface area contributed by atoms with E-state index in [1.54, 1.807) is 7.11 Å². The number of halogens is 1. The Balaban J connectivity index is 1.99. The van der Waals surface area contributed by atoms with Crippen LogP contribution in [0.1, 0.15) is 11.1 Å². The lowest BCUT2D eigenvalue weighted by atomic mass is 10.1. The first kappa shape index (κ1) is 13.0. The third-order valence-corrected chi connectivity index (χ3v) is 2.84. The predicted molar refractivity (Wildman–Crippen MR) is 74.2 cm³/mol. The second-order valence-corrected chi connectivity index (χ2v) is 4.64. The van der Waals surface area contributed by atoms with Crippen molar-refractivity contribution >= 4 is 21.7 Å². The van der Waals surface area contributed by atoms with Gasteiger partial charge in [0.1, 0.15) is 16.7 Å². The SMILES string of the molecule is COCc1cccc(CNc2cc(Br)ncn2)c1. The Morgan fingerprint density at radius 3 is 2.83 bits per heavy atom. The van der Waals surface area contributed by atoms with Crippen LogP contribution in [0.3, 0.4) is 0 Å². The van der Waals surface area contributed by atoms with Gasteiger partial charge in [-0.3, -0.25) is 0 Å². The zero-order valence-corrected chi connectivity index (χ0v) is 11.6. The van der Waals surface area contributed by atoms with Crippen molar-refractivity contribution in [2.45, 2.75) is 13.2 Å². The largest absolute Gasteiger partial charge is 0.380 e. The summed E-state index contributed by atoms with van der Waals surface area (Å²) in [7, 11) is 1.70. The average molecular weight is 308 g/mol. The number of ether oxygens (including phenoxy) is 1. The van der Waals surface area contributed by atoms with E-state index in [1.807, 2.05) is 18.2 Å². The summed E-state index contributed by atoms with van der Waals surface area (Å²) in [5.41, 5.74) is 2.36. The van der Waals surface area contributed by atoms with Crippen molar-refractivity contribution in [3.63, 3.8) is 0 Å². The summed E-state index contributed by atoms with van der Waals surface area (Å²) in [6.07, 6.45) is 1.52. The molecule has 5 heteroatoms. The minimum absolute atomic E-state index is 0.632. The van der Waals surface area contributed by atoms with Crippen LogP contribution in [0.2, 0.25) is 0 Å². The predicted octanol–water partition coefficient (Wildman–Crippen LogP) is 3.00. The second kappa shape index (κ2) is 6.47. The van der Waals surface area contributed by atoms with Gasteiger partial charge < -0.3 is 10.1 Å². The number of hydrogen-bond acceptors (Lipinski definition) is 4. The molecular formula is C13H14BrN3O. The van der Waals surface area contributed by atoms with Gasteiger partial charge in [-0.25, -0.2) is 9.97 Å². The summed E-state index contributed by atoms with van der Waals surface area (Å²) in [5.74, 6) is 0.800. The normalized spacial score (nSPS) is 10.3. The van der Waals surface area contributed by atoms with E-state index in [0.29, 0.717) is 6.61 Å². The van der Waals surface area contributed by atoms with E-state index in [-0.39, 0.29) is 0 Å². The Bertz CT molecular complexity index is 519. The molecule has 0 bridgehead atoms. The Labute approximate surface area is 115 Å². The number of methoxy groups -OCH3 is 1. The van der Waals surface area contributed by atoms with Gasteiger partial charge >= 0.3 is 0 Å². The standard InChI is InChI=1S/C13H14BrN3O/c1-18-8-11-4-2-3-10(5-11)7-15-13-6-12(14)16-9-17-13/h2-6,9H,7-8H2,1H3,(H,15,16,17). The van der Waals surface area contributed by atoms with Crippen LogP contribution in [0.15, 0.2) is 41.3 Å². The van der Waals surface area contributed by atoms with Gasteiger partial charge in [-0.05, 0) is 27.1 Å². The summed E-state index contributed by atoms with van der Waals surface area (Å²) in [5, 5.41) is 3.25. The molecule has 0 fully saturated rings. The fourth-order valence-corrected chi connectivity index (χ4v) is 1.93. The number of hydrogen-bond donors (Lipinski definition) is 1. The summed E-state index contributed by atoms with van der Waals surface area (Å²) in [6, 6.07) is 10.1. The van der Waals surface area contributed by atoms with Crippen molar-refractivity contribution in [1.29, 1.82) is 0 Å². The molecule has 0 spiro atoms. The molecule has 2 aromatic rings. The lowest BCUT2D eigenvalue weighted by Gasteiger charge is -2.07. The Kier molecular flexibility index (Phi) is 4.66. The molecule has 1 aromatic heterocycles. The van der Waals surface area contributed by atoms with Crippen LogP contribution in [0.5, 0.6) is 0 Å². The third kappa shape index (κ3) is 3.78. The monoisotopic (exact) mass is 307 g/mol. The summed E-state index contributed by atoms with van der Waals surface area (Å²) in [4.78, 5) is 8.12. The highest BCUT2D eigenvalue weighted by Crippen LogP contribution is 2.12. The van der Waals surface area contributed by atoms with E-state index in [9.17, 15) is 0 Å². The zero-order valence-electron chi connectivity index (χ0n) is 10.1. The van der Waals surface area contributed by atoms with Gasteiger partial charge in [-0.1, -0.05) is 24.3 Å². The quantitative estimate of drug-likeness (QED) is 0.863. The number of aromatic nitrogens is 2. The highest BCUT2D eigenvalue weighted by molar-refractivity contribution is 9.10. The first-order chi connectivity index (χ1) is 8.78. The molecule has 1 aromatic carbocycles. The number of nitrogens with one attached hydrogen (secondary N) is 1. The molecule has 4 nitrogen and oxygen atoms in total. The van der Waals surface area contributed by atoms with E-state index in [4.69, 9.17) is 4.74 Å². The average Bonchev–Trinajstić information content (AvgIpc) is 2.37. The van der Waals surface area contributed by atoms with Crippen LogP contribution in [-0.2, 0) is 17.9 Å². The number of anilines is 1. The maximum Gasteiger partial charge on any atom is 0.130 e. The number of nitrogens with zero attached hydrogens (tertiary/aromatic N) is 2. The molecule has 1 heterocycles. The molecular weight excluding hydrogens is 294 g/mol. The fraction of sp³-hybridized carbons (Fsp3) is 0.231. The molecule has 0 unspecified atom stereocenters. The maximum absolute atomic E-state index is 5.11. The Hall–Kier alpha value is -1.46. The van der Waals surface area contributed by atoms with Crippen LogP contribution < -0.4 is 5.32 Å². The molecule has 2 rings (SSSR count). The highest BCUT2D eigenvalue weighted by atomic mass is 79.9. The highest BCUT2D eigenvalue weighted by Gasteiger charge is 1.98. The zero-order chi connectivity index (χ0) is 12.8. The molecule has 0 amide bonds. The first-order valence-electron chi connectivity index (χ1n) is 5.56. The maximum atomic E-state index is 5.11. The van der Waals surface area contributed by atoms with Gasteiger partial charge in [0.15, 0.2) is 0 Å². The van der Waals surface area contributed by atoms with Crippen LogP contribution >= 0.6 is 15.9 Å². The third-order valence-electron chi connectivity index (χ3n) is 2.41. The summed E-state index contributed by atoms with van der Waals surface area (Å²) < 4.78 is 5.89. The fourth-order valence-electron chi connectivity index (χ4n) is 1.62. The van der Waals surface area contributed by atoms with Crippen LogP contribution in [0.25, 0.3) is 0 Å². The van der Waals surface area contributed by atoms with Gasteiger partial charge in [0.25, 0.3) is 0 Å². The molecule has 0 radical (unpaired) electrons. The van der Waals surface area contributed by atoms with E-state index >= 15 is 0 Å². The lowest BCUT2D eigenvalue weighted by molar-refractivity contribution is 0.185. The molecule has 0 aliphatic carbocycles. The van der Waals surface area contributed by atoms with Gasteiger partial charge in [-0.2, -0.15) is 0 Å². The van der Waals surface area contributed by atoms with Crippen molar-refractivity contribution in [2.24, 2.45) is 0 Å². The van der Waals surface area contributed by atoms with E-state index in [2.05, 4.69) is 43.3 Å². The van der Waals surface area contributed by atoms with Crippen molar-refractivity contribution in [1.82, 2.24) is 9.97 Å². The van der Waals surface area contributed by atoms with Gasteiger partial charge in [0, 0.05) is 19.7 Å². The van der Waals surface area contributed by atoms with Crippen molar-refractivity contribution in [2.75, 3.05) is 12.4 Å². The molecule has 1 N–H and O–H groups in total. The van der Waals surface area contributed by atoms with E-state index in [1.165, 1.54) is 17.5 Å². The lowest BCUT2D eigenvalue weighted by Crippen LogP contribution is -2.02. The Morgan fingerprint density at radius 1 is 1.22 bits per heavy atom. The summed E-state index contributed by atoms with van der Waals surface area (Å²) >= 11 is 3.31. The molecule has 94 valence electrons. The van der Waals surface area contributed by atoms with E-state index in [0.717, 1.165) is 17.0 Å². The number of benzene rings is 1. The molecule has 0 aliphatic heterocycles. The van der Waals surface area contributed by atoms with Gasteiger partial charge in [-0.15, -0.1) is 0 Å². The number of rotatable bonds is 5. The van der Waals surface area contributed by atoms with Crippen LogP contribution in [-0.4, -0.2) is 17.1 Å². The van der Waals surface area contributed by atoms with Crippen molar-refractivity contribution < 1.29 is 4.74 Å². The molecule has 0 atom stereocenters. The summed E-state index contributed by atoms with van der Waals surface area (Å²) in [6.45, 7) is 1.36. The molecule has 0 saturated carbocycles. The minimum Gasteiger partial charge on any atom is -0.380 e. The molecule has 0 aliphatic rings. The van der Waals surface area contributed by atoms with Crippen molar-refractivity contribution in [3.05, 3.63) is 52.4 Å². The van der Waals surface area contributed by atoms with Crippen molar-refractivity contribution in [3.8, 4) is 0 Å². The second-order valence-electron chi connectivity index (χ2n) is 3.83. The van der Waals surface area contributed by atoms with Crippen LogP contribution in [0, 0.1) is 0 Å². The van der Waals surface area contributed by atoms with Crippen LogP contribution in [0.4, 0.5) is 5.82 Å². The minimum atomic E-state index is 0.632. The van der Waals surface area contributed by atoms with E-state index < -0.39 is 0 Å². The Morgan fingerprint density at radius 2 is 2.06 bits per heavy atom. The van der Waals surface area contributed by atoms with Gasteiger partial charge in [0.05, 0.1) is 6.61 Å². The molecule has 0 saturated heterocycles. The first-order valence-corrected chi connectivity index (χ1v) is 6.35. The molecule has 18 heavy (non-hydrogen) atoms.